The summed E-state index contributed by atoms with van der Waals surface area (Å²) in [7, 11) is 0. The summed E-state index contributed by atoms with van der Waals surface area (Å²) in [5.41, 5.74) is 0.707. The molecule has 1 aromatic rings. The zero-order chi connectivity index (χ0) is 13.8. The second-order valence-corrected chi connectivity index (χ2v) is 5.96. The SMILES string of the molecule is O=C(NC1CCN(C2CCCC2)CC1)c1ccncc1. The molecule has 1 N–H and O–H groups in total. The van der Waals surface area contributed by atoms with E-state index in [2.05, 4.69) is 15.2 Å². The Kier molecular flexibility index (Phi) is 4.31. The van der Waals surface area contributed by atoms with Gasteiger partial charge in [-0.25, -0.2) is 0 Å². The molecule has 1 amide bonds. The predicted octanol–water partition coefficient (Wildman–Crippen LogP) is 2.22. The fourth-order valence-electron chi connectivity index (χ4n) is 3.45. The highest BCUT2D eigenvalue weighted by Gasteiger charge is 2.27. The van der Waals surface area contributed by atoms with E-state index in [0.29, 0.717) is 11.6 Å². The van der Waals surface area contributed by atoms with Crippen molar-refractivity contribution in [3.63, 3.8) is 0 Å². The Bertz CT molecular complexity index is 434. The van der Waals surface area contributed by atoms with Crippen LogP contribution in [0, 0.1) is 0 Å². The maximum absolute atomic E-state index is 12.1. The molecular formula is C16H23N3O. The molecule has 1 saturated heterocycles. The molecule has 0 radical (unpaired) electrons. The van der Waals surface area contributed by atoms with Crippen molar-refractivity contribution >= 4 is 5.91 Å². The number of hydrogen-bond acceptors (Lipinski definition) is 3. The van der Waals surface area contributed by atoms with Crippen LogP contribution in [-0.4, -0.2) is 41.0 Å². The number of hydrogen-bond donors (Lipinski definition) is 1. The molecule has 20 heavy (non-hydrogen) atoms. The van der Waals surface area contributed by atoms with Crippen LogP contribution in [0.2, 0.25) is 0 Å². The van der Waals surface area contributed by atoms with Gasteiger partial charge in [0.15, 0.2) is 0 Å². The van der Waals surface area contributed by atoms with Crippen molar-refractivity contribution in [3.05, 3.63) is 30.1 Å². The maximum atomic E-state index is 12.1. The molecule has 2 heterocycles. The molecule has 1 aliphatic carbocycles. The van der Waals surface area contributed by atoms with Gasteiger partial charge >= 0.3 is 0 Å². The van der Waals surface area contributed by atoms with Gasteiger partial charge in [0.1, 0.15) is 0 Å². The molecule has 4 heteroatoms. The first kappa shape index (κ1) is 13.6. The smallest absolute Gasteiger partial charge is 0.251 e. The van der Waals surface area contributed by atoms with E-state index in [0.717, 1.165) is 32.0 Å². The van der Waals surface area contributed by atoms with Gasteiger partial charge in [0.2, 0.25) is 0 Å². The molecule has 1 saturated carbocycles. The van der Waals surface area contributed by atoms with Crippen molar-refractivity contribution in [1.29, 1.82) is 0 Å². The Morgan fingerprint density at radius 1 is 1.10 bits per heavy atom. The number of nitrogens with zero attached hydrogens (tertiary/aromatic N) is 2. The standard InChI is InChI=1S/C16H23N3O/c20-16(13-5-9-17-10-6-13)18-14-7-11-19(12-8-14)15-3-1-2-4-15/h5-6,9-10,14-15H,1-4,7-8,11-12H2,(H,18,20). The minimum absolute atomic E-state index is 0.0340. The highest BCUT2D eigenvalue weighted by molar-refractivity contribution is 5.94. The van der Waals surface area contributed by atoms with E-state index < -0.39 is 0 Å². The Morgan fingerprint density at radius 3 is 2.40 bits per heavy atom. The summed E-state index contributed by atoms with van der Waals surface area (Å²) in [6, 6.07) is 4.67. The molecule has 0 spiro atoms. The third kappa shape index (κ3) is 3.18. The van der Waals surface area contributed by atoms with Gasteiger partial charge in [-0.1, -0.05) is 12.8 Å². The topological polar surface area (TPSA) is 45.2 Å². The number of carbonyl (C=O) groups is 1. The third-order valence-corrected chi connectivity index (χ3v) is 4.65. The molecule has 2 fully saturated rings. The van der Waals surface area contributed by atoms with Gasteiger partial charge in [0.05, 0.1) is 0 Å². The second kappa shape index (κ2) is 6.35. The molecule has 0 aromatic carbocycles. The molecule has 0 atom stereocenters. The first-order chi connectivity index (χ1) is 9.83. The van der Waals surface area contributed by atoms with Crippen LogP contribution >= 0.6 is 0 Å². The maximum Gasteiger partial charge on any atom is 0.251 e. The van der Waals surface area contributed by atoms with E-state index in [9.17, 15) is 4.79 Å². The Morgan fingerprint density at radius 2 is 1.75 bits per heavy atom. The fraction of sp³-hybridized carbons (Fsp3) is 0.625. The molecule has 0 bridgehead atoms. The lowest BCUT2D eigenvalue weighted by Gasteiger charge is -2.36. The molecule has 3 rings (SSSR count). The Hall–Kier alpha value is -1.42. The van der Waals surface area contributed by atoms with Crippen LogP contribution in [0.15, 0.2) is 24.5 Å². The second-order valence-electron chi connectivity index (χ2n) is 5.96. The number of aromatic nitrogens is 1. The lowest BCUT2D eigenvalue weighted by atomic mass is 10.0. The Balaban J connectivity index is 1.47. The van der Waals surface area contributed by atoms with Gasteiger partial charge in [0.25, 0.3) is 5.91 Å². The summed E-state index contributed by atoms with van der Waals surface area (Å²) in [4.78, 5) is 18.7. The van der Waals surface area contributed by atoms with Gasteiger partial charge in [-0.15, -0.1) is 0 Å². The van der Waals surface area contributed by atoms with Crippen molar-refractivity contribution in [1.82, 2.24) is 15.2 Å². The van der Waals surface area contributed by atoms with Crippen LogP contribution in [-0.2, 0) is 0 Å². The van der Waals surface area contributed by atoms with Crippen molar-refractivity contribution in [2.45, 2.75) is 50.6 Å². The average Bonchev–Trinajstić information content (AvgIpc) is 3.03. The van der Waals surface area contributed by atoms with Gasteiger partial charge in [-0.2, -0.15) is 0 Å². The molecule has 1 aromatic heterocycles. The lowest BCUT2D eigenvalue weighted by molar-refractivity contribution is 0.0892. The quantitative estimate of drug-likeness (QED) is 0.918. The minimum atomic E-state index is 0.0340. The number of rotatable bonds is 3. The van der Waals surface area contributed by atoms with Gasteiger partial charge in [-0.05, 0) is 37.8 Å². The van der Waals surface area contributed by atoms with E-state index in [4.69, 9.17) is 0 Å². The van der Waals surface area contributed by atoms with E-state index in [1.54, 1.807) is 24.5 Å². The van der Waals surface area contributed by atoms with Crippen molar-refractivity contribution < 1.29 is 4.79 Å². The van der Waals surface area contributed by atoms with Crippen LogP contribution in [0.3, 0.4) is 0 Å². The molecular weight excluding hydrogens is 250 g/mol. The van der Waals surface area contributed by atoms with Crippen molar-refractivity contribution in [2.75, 3.05) is 13.1 Å². The monoisotopic (exact) mass is 273 g/mol. The van der Waals surface area contributed by atoms with Crippen LogP contribution in [0.4, 0.5) is 0 Å². The number of piperidine rings is 1. The number of amides is 1. The van der Waals surface area contributed by atoms with Crippen LogP contribution < -0.4 is 5.32 Å². The predicted molar refractivity (Wildman–Crippen MR) is 78.6 cm³/mol. The first-order valence-electron chi connectivity index (χ1n) is 7.78. The molecule has 2 aliphatic rings. The van der Waals surface area contributed by atoms with Crippen molar-refractivity contribution in [3.8, 4) is 0 Å². The highest BCUT2D eigenvalue weighted by atomic mass is 16.1. The molecule has 1 aliphatic heterocycles. The molecule has 108 valence electrons. The Labute approximate surface area is 120 Å². The van der Waals surface area contributed by atoms with Gasteiger partial charge in [0, 0.05) is 43.1 Å². The normalized spacial score (nSPS) is 22.0. The summed E-state index contributed by atoms with van der Waals surface area (Å²) in [6.45, 7) is 2.26. The summed E-state index contributed by atoms with van der Waals surface area (Å²) in [5, 5.41) is 3.15. The van der Waals surface area contributed by atoms with Crippen LogP contribution in [0.25, 0.3) is 0 Å². The molecule has 0 unspecified atom stereocenters. The number of carbonyl (C=O) groups excluding carboxylic acids is 1. The first-order valence-corrected chi connectivity index (χ1v) is 7.78. The third-order valence-electron chi connectivity index (χ3n) is 4.65. The highest BCUT2D eigenvalue weighted by Crippen LogP contribution is 2.26. The van der Waals surface area contributed by atoms with E-state index in [-0.39, 0.29) is 5.91 Å². The summed E-state index contributed by atoms with van der Waals surface area (Å²) < 4.78 is 0. The lowest BCUT2D eigenvalue weighted by Crippen LogP contribution is -2.47. The average molecular weight is 273 g/mol. The van der Waals surface area contributed by atoms with Crippen LogP contribution in [0.5, 0.6) is 0 Å². The minimum Gasteiger partial charge on any atom is -0.349 e. The summed E-state index contributed by atoms with van der Waals surface area (Å²) in [6.07, 6.45) is 11.0. The molecule has 4 nitrogen and oxygen atoms in total. The van der Waals surface area contributed by atoms with E-state index in [1.807, 2.05) is 0 Å². The largest absolute Gasteiger partial charge is 0.349 e. The van der Waals surface area contributed by atoms with Gasteiger partial charge in [-0.3, -0.25) is 9.78 Å². The fourth-order valence-corrected chi connectivity index (χ4v) is 3.45. The van der Waals surface area contributed by atoms with Crippen LogP contribution in [0.1, 0.15) is 48.9 Å². The zero-order valence-electron chi connectivity index (χ0n) is 11.9. The number of nitrogens with one attached hydrogen (secondary N) is 1. The number of likely N-dealkylation sites (tertiary alicyclic amines) is 1. The summed E-state index contributed by atoms with van der Waals surface area (Å²) in [5.74, 6) is 0.0340. The van der Waals surface area contributed by atoms with Gasteiger partial charge < -0.3 is 10.2 Å². The van der Waals surface area contributed by atoms with E-state index in [1.165, 1.54) is 25.7 Å². The number of pyridine rings is 1. The van der Waals surface area contributed by atoms with Crippen molar-refractivity contribution in [2.24, 2.45) is 0 Å². The summed E-state index contributed by atoms with van der Waals surface area (Å²) >= 11 is 0. The zero-order valence-corrected chi connectivity index (χ0v) is 11.9. The van der Waals surface area contributed by atoms with E-state index >= 15 is 0 Å².